The summed E-state index contributed by atoms with van der Waals surface area (Å²) in [5.74, 6) is 0.641. The molecule has 3 N–H and O–H groups in total. The first-order valence-electron chi connectivity index (χ1n) is 11.0. The van der Waals surface area contributed by atoms with Crippen LogP contribution in [0, 0.1) is 0 Å². The van der Waals surface area contributed by atoms with Gasteiger partial charge in [-0.05, 0) is 43.5 Å². The van der Waals surface area contributed by atoms with Crippen molar-refractivity contribution in [2.45, 2.75) is 38.3 Å². The van der Waals surface area contributed by atoms with Crippen LogP contribution in [0.15, 0.2) is 48.9 Å². The van der Waals surface area contributed by atoms with Gasteiger partial charge in [0.25, 0.3) is 0 Å². The molecule has 1 aromatic carbocycles. The molecule has 31 heavy (non-hydrogen) atoms. The average molecular weight is 417 g/mol. The van der Waals surface area contributed by atoms with Crippen LogP contribution in [0.4, 0.5) is 5.82 Å². The summed E-state index contributed by atoms with van der Waals surface area (Å²) in [5, 5.41) is 8.04. The van der Waals surface area contributed by atoms with E-state index in [0.717, 1.165) is 54.6 Å². The Kier molecular flexibility index (Phi) is 5.42. The van der Waals surface area contributed by atoms with Gasteiger partial charge < -0.3 is 16.0 Å². The number of rotatable bonds is 4. The summed E-state index contributed by atoms with van der Waals surface area (Å²) in [4.78, 5) is 19.2. The molecule has 2 aliphatic rings. The Hall–Kier alpha value is -3.19. The fourth-order valence-corrected chi connectivity index (χ4v) is 4.68. The third-order valence-electron chi connectivity index (χ3n) is 6.46. The summed E-state index contributed by atoms with van der Waals surface area (Å²) in [6.07, 6.45) is 9.30. The third kappa shape index (κ3) is 4.05. The molecule has 1 fully saturated rings. The number of anilines is 1. The normalized spacial score (nSPS) is 16.8. The van der Waals surface area contributed by atoms with E-state index >= 15 is 0 Å². The van der Waals surface area contributed by atoms with Gasteiger partial charge in [0.05, 0.1) is 18.7 Å². The summed E-state index contributed by atoms with van der Waals surface area (Å²) in [6.45, 7) is 3.27. The highest BCUT2D eigenvalue weighted by Gasteiger charge is 2.26. The van der Waals surface area contributed by atoms with Gasteiger partial charge in [-0.3, -0.25) is 9.48 Å². The lowest BCUT2D eigenvalue weighted by molar-refractivity contribution is -0.131. The quantitative estimate of drug-likeness (QED) is 0.682. The number of hydrogen-bond donors (Lipinski definition) is 2. The van der Waals surface area contributed by atoms with E-state index in [0.29, 0.717) is 31.4 Å². The lowest BCUT2D eigenvalue weighted by Gasteiger charge is -2.30. The van der Waals surface area contributed by atoms with Crippen LogP contribution < -0.4 is 11.1 Å². The van der Waals surface area contributed by atoms with Crippen molar-refractivity contribution in [1.82, 2.24) is 25.0 Å². The number of nitrogens with zero attached hydrogens (tertiary/aromatic N) is 4. The highest BCUT2D eigenvalue weighted by molar-refractivity contribution is 5.80. The number of piperidine rings is 1. The topological polar surface area (TPSA) is 89.1 Å². The first-order valence-corrected chi connectivity index (χ1v) is 11.0. The summed E-state index contributed by atoms with van der Waals surface area (Å²) in [5.41, 5.74) is 11.6. The Balaban J connectivity index is 1.37. The minimum atomic E-state index is 0.125. The summed E-state index contributed by atoms with van der Waals surface area (Å²) < 4.78 is 2.09. The molecule has 2 aromatic heterocycles. The molecule has 1 amide bonds. The SMILES string of the molecule is Nc1ncc(-c2cnn(C3CCNCC3)c2)c2c1CN(C(=O)Cc1ccccc1)CC2. The highest BCUT2D eigenvalue weighted by atomic mass is 16.2. The van der Waals surface area contributed by atoms with Crippen LogP contribution in [-0.4, -0.2) is 45.2 Å². The second-order valence-corrected chi connectivity index (χ2v) is 8.43. The van der Waals surface area contributed by atoms with E-state index in [9.17, 15) is 4.79 Å². The highest BCUT2D eigenvalue weighted by Crippen LogP contribution is 2.33. The lowest BCUT2D eigenvalue weighted by Crippen LogP contribution is -2.37. The van der Waals surface area contributed by atoms with Crippen LogP contribution in [0.2, 0.25) is 0 Å². The molecule has 4 heterocycles. The van der Waals surface area contributed by atoms with Crippen LogP contribution >= 0.6 is 0 Å². The maximum atomic E-state index is 12.9. The van der Waals surface area contributed by atoms with Gasteiger partial charge in [-0.2, -0.15) is 5.10 Å². The average Bonchev–Trinajstić information content (AvgIpc) is 3.30. The van der Waals surface area contributed by atoms with Crippen molar-refractivity contribution >= 4 is 11.7 Å². The van der Waals surface area contributed by atoms with Gasteiger partial charge in [0, 0.05) is 42.2 Å². The van der Waals surface area contributed by atoms with E-state index in [1.165, 1.54) is 5.56 Å². The third-order valence-corrected chi connectivity index (χ3v) is 6.46. The number of nitrogens with one attached hydrogen (secondary N) is 1. The minimum absolute atomic E-state index is 0.125. The van der Waals surface area contributed by atoms with E-state index in [1.807, 2.05) is 47.6 Å². The summed E-state index contributed by atoms with van der Waals surface area (Å²) >= 11 is 0. The number of nitrogen functional groups attached to an aromatic ring is 1. The number of aromatic nitrogens is 3. The van der Waals surface area contributed by atoms with E-state index in [4.69, 9.17) is 5.73 Å². The van der Waals surface area contributed by atoms with Crippen LogP contribution in [0.5, 0.6) is 0 Å². The van der Waals surface area contributed by atoms with Gasteiger partial charge >= 0.3 is 0 Å². The maximum Gasteiger partial charge on any atom is 0.227 e. The van der Waals surface area contributed by atoms with Gasteiger partial charge in [-0.1, -0.05) is 30.3 Å². The number of pyridine rings is 1. The number of fused-ring (bicyclic) bond motifs is 1. The Morgan fingerprint density at radius 3 is 2.74 bits per heavy atom. The molecule has 0 atom stereocenters. The monoisotopic (exact) mass is 416 g/mol. The van der Waals surface area contributed by atoms with E-state index in [-0.39, 0.29) is 5.91 Å². The van der Waals surface area contributed by atoms with Gasteiger partial charge in [-0.25, -0.2) is 4.98 Å². The Morgan fingerprint density at radius 1 is 1.13 bits per heavy atom. The van der Waals surface area contributed by atoms with Gasteiger partial charge in [0.15, 0.2) is 0 Å². The Labute approximate surface area is 182 Å². The molecule has 0 radical (unpaired) electrons. The van der Waals surface area contributed by atoms with Crippen molar-refractivity contribution in [2.75, 3.05) is 25.4 Å². The number of nitrogens with two attached hydrogens (primary N) is 1. The summed E-state index contributed by atoms with van der Waals surface area (Å²) in [6, 6.07) is 10.3. The second kappa shape index (κ2) is 8.51. The number of hydrogen-bond acceptors (Lipinski definition) is 5. The number of amides is 1. The molecule has 0 unspecified atom stereocenters. The van der Waals surface area contributed by atoms with Crippen molar-refractivity contribution in [3.8, 4) is 11.1 Å². The van der Waals surface area contributed by atoms with Crippen molar-refractivity contribution in [3.63, 3.8) is 0 Å². The van der Waals surface area contributed by atoms with Crippen molar-refractivity contribution in [3.05, 3.63) is 65.6 Å². The number of carbonyl (C=O) groups excluding carboxylic acids is 1. The van der Waals surface area contributed by atoms with Crippen LogP contribution in [0.25, 0.3) is 11.1 Å². The van der Waals surface area contributed by atoms with E-state index < -0.39 is 0 Å². The molecule has 0 spiro atoms. The maximum absolute atomic E-state index is 12.9. The van der Waals surface area contributed by atoms with E-state index in [2.05, 4.69) is 26.3 Å². The van der Waals surface area contributed by atoms with Gasteiger partial charge in [0.1, 0.15) is 5.82 Å². The molecule has 0 aliphatic carbocycles. The zero-order valence-corrected chi connectivity index (χ0v) is 17.6. The van der Waals surface area contributed by atoms with Crippen molar-refractivity contribution < 1.29 is 4.79 Å². The summed E-state index contributed by atoms with van der Waals surface area (Å²) in [7, 11) is 0. The molecule has 1 saturated heterocycles. The molecule has 160 valence electrons. The number of carbonyl (C=O) groups is 1. The predicted molar refractivity (Wildman–Crippen MR) is 120 cm³/mol. The molecule has 7 heteroatoms. The van der Waals surface area contributed by atoms with Gasteiger partial charge in [-0.15, -0.1) is 0 Å². The van der Waals surface area contributed by atoms with Gasteiger partial charge in [0.2, 0.25) is 5.91 Å². The van der Waals surface area contributed by atoms with Crippen molar-refractivity contribution in [1.29, 1.82) is 0 Å². The first kappa shape index (κ1) is 19.8. The Morgan fingerprint density at radius 2 is 1.94 bits per heavy atom. The van der Waals surface area contributed by atoms with Crippen LogP contribution in [-0.2, 0) is 24.2 Å². The molecular weight excluding hydrogens is 388 g/mol. The molecule has 0 saturated carbocycles. The largest absolute Gasteiger partial charge is 0.383 e. The fraction of sp³-hybridized carbons (Fsp3) is 0.375. The first-order chi connectivity index (χ1) is 15.2. The molecule has 5 rings (SSSR count). The standard InChI is InChI=1S/C24H28N6O/c25-24-22-16-29(23(31)12-17-4-2-1-3-5-17)11-8-20(22)21(14-27-24)18-13-28-30(15-18)19-6-9-26-10-7-19/h1-5,13-15,19,26H,6-12,16H2,(H2,25,27). The smallest absolute Gasteiger partial charge is 0.227 e. The molecule has 0 bridgehead atoms. The molecule has 2 aliphatic heterocycles. The number of benzene rings is 1. The zero-order chi connectivity index (χ0) is 21.2. The van der Waals surface area contributed by atoms with Crippen LogP contribution in [0.1, 0.15) is 35.6 Å². The Bertz CT molecular complexity index is 1070. The van der Waals surface area contributed by atoms with Crippen LogP contribution in [0.3, 0.4) is 0 Å². The lowest BCUT2D eigenvalue weighted by atomic mass is 9.93. The van der Waals surface area contributed by atoms with Crippen molar-refractivity contribution in [2.24, 2.45) is 0 Å². The second-order valence-electron chi connectivity index (χ2n) is 8.43. The molecule has 7 nitrogen and oxygen atoms in total. The molecule has 3 aromatic rings. The zero-order valence-electron chi connectivity index (χ0n) is 17.6. The fourth-order valence-electron chi connectivity index (χ4n) is 4.68. The van der Waals surface area contributed by atoms with E-state index in [1.54, 1.807) is 0 Å². The minimum Gasteiger partial charge on any atom is -0.383 e. The molecular formula is C24H28N6O. The predicted octanol–water partition coefficient (Wildman–Crippen LogP) is 2.58.